The summed E-state index contributed by atoms with van der Waals surface area (Å²) < 4.78 is 18.5. The second kappa shape index (κ2) is 9.32. The van der Waals surface area contributed by atoms with Crippen molar-refractivity contribution in [2.24, 2.45) is 0 Å². The third-order valence-electron chi connectivity index (χ3n) is 3.88. The normalized spacial score (nSPS) is 10.7. The molecule has 7 heteroatoms. The van der Waals surface area contributed by atoms with Gasteiger partial charge in [-0.05, 0) is 54.8 Å². The van der Waals surface area contributed by atoms with Crippen molar-refractivity contribution in [3.05, 3.63) is 59.9 Å². The number of aryl methyl sites for hydroxylation is 1. The highest BCUT2D eigenvalue weighted by Crippen LogP contribution is 2.23. The van der Waals surface area contributed by atoms with Gasteiger partial charge in [0.05, 0.1) is 5.75 Å². The maximum absolute atomic E-state index is 13.0. The van der Waals surface area contributed by atoms with E-state index in [4.69, 9.17) is 4.42 Å². The van der Waals surface area contributed by atoms with Crippen LogP contribution in [0.1, 0.15) is 25.3 Å². The van der Waals surface area contributed by atoms with Gasteiger partial charge in [-0.25, -0.2) is 4.39 Å². The fourth-order valence-corrected chi connectivity index (χ4v) is 3.00. The molecule has 0 aliphatic rings. The molecule has 0 saturated carbocycles. The number of benzene rings is 2. The molecule has 0 fully saturated rings. The van der Waals surface area contributed by atoms with Gasteiger partial charge in [0, 0.05) is 11.3 Å². The number of anilines is 1. The smallest absolute Gasteiger partial charge is 0.277 e. The van der Waals surface area contributed by atoms with Gasteiger partial charge in [0.15, 0.2) is 0 Å². The van der Waals surface area contributed by atoms with Gasteiger partial charge in [0.2, 0.25) is 11.8 Å². The lowest BCUT2D eigenvalue weighted by Gasteiger charge is -2.05. The molecule has 1 aromatic heterocycles. The molecule has 0 bridgehead atoms. The average molecular weight is 385 g/mol. The Balaban J connectivity index is 1.50. The van der Waals surface area contributed by atoms with Crippen LogP contribution in [0.15, 0.2) is 58.2 Å². The molecular weight excluding hydrogens is 365 g/mol. The van der Waals surface area contributed by atoms with E-state index in [0.29, 0.717) is 16.7 Å². The number of nitrogens with zero attached hydrogens (tertiary/aromatic N) is 2. The van der Waals surface area contributed by atoms with E-state index < -0.39 is 0 Å². The predicted molar refractivity (Wildman–Crippen MR) is 104 cm³/mol. The number of carbonyl (C=O) groups excluding carboxylic acids is 1. The minimum Gasteiger partial charge on any atom is -0.411 e. The van der Waals surface area contributed by atoms with Gasteiger partial charge < -0.3 is 9.73 Å². The van der Waals surface area contributed by atoms with Gasteiger partial charge in [-0.1, -0.05) is 37.2 Å². The first-order chi connectivity index (χ1) is 13.1. The third-order valence-corrected chi connectivity index (χ3v) is 4.70. The first-order valence-electron chi connectivity index (χ1n) is 8.75. The molecule has 0 aliphatic carbocycles. The van der Waals surface area contributed by atoms with Crippen LogP contribution in [-0.4, -0.2) is 21.9 Å². The molecule has 0 saturated heterocycles. The SMILES string of the molecule is CCCCc1ccc(NC(=O)CSc2nnc(-c3ccc(F)cc3)o2)cc1. The van der Waals surface area contributed by atoms with Crippen molar-refractivity contribution in [3.8, 4) is 11.5 Å². The van der Waals surface area contributed by atoms with E-state index in [-0.39, 0.29) is 17.5 Å². The minimum atomic E-state index is -0.331. The number of unbranched alkanes of at least 4 members (excludes halogenated alkanes) is 1. The molecule has 3 aromatic rings. The summed E-state index contributed by atoms with van der Waals surface area (Å²) in [5.74, 6) is -0.0332. The number of halogens is 1. The van der Waals surface area contributed by atoms with Gasteiger partial charge >= 0.3 is 0 Å². The van der Waals surface area contributed by atoms with Gasteiger partial charge in [0.1, 0.15) is 5.82 Å². The quantitative estimate of drug-likeness (QED) is 0.556. The molecule has 1 amide bonds. The molecule has 1 N–H and O–H groups in total. The second-order valence-corrected chi connectivity index (χ2v) is 6.94. The Hall–Kier alpha value is -2.67. The summed E-state index contributed by atoms with van der Waals surface area (Å²) in [7, 11) is 0. The lowest BCUT2D eigenvalue weighted by Crippen LogP contribution is -2.13. The van der Waals surface area contributed by atoms with Crippen LogP contribution < -0.4 is 5.32 Å². The number of carbonyl (C=O) groups is 1. The molecule has 0 radical (unpaired) electrons. The molecule has 2 aromatic carbocycles. The molecule has 1 heterocycles. The monoisotopic (exact) mass is 385 g/mol. The van der Waals surface area contributed by atoms with E-state index in [1.54, 1.807) is 12.1 Å². The Morgan fingerprint density at radius 3 is 2.56 bits per heavy atom. The fourth-order valence-electron chi connectivity index (χ4n) is 2.44. The van der Waals surface area contributed by atoms with Crippen molar-refractivity contribution in [3.63, 3.8) is 0 Å². The summed E-state index contributed by atoms with van der Waals surface area (Å²) >= 11 is 1.15. The van der Waals surface area contributed by atoms with Crippen molar-refractivity contribution in [2.45, 2.75) is 31.4 Å². The van der Waals surface area contributed by atoms with E-state index >= 15 is 0 Å². The van der Waals surface area contributed by atoms with Crippen LogP contribution >= 0.6 is 11.8 Å². The number of hydrogen-bond acceptors (Lipinski definition) is 5. The fraction of sp³-hybridized carbons (Fsp3) is 0.250. The molecule has 0 unspecified atom stereocenters. The third kappa shape index (κ3) is 5.65. The van der Waals surface area contributed by atoms with Crippen molar-refractivity contribution < 1.29 is 13.6 Å². The van der Waals surface area contributed by atoms with E-state index in [1.807, 2.05) is 24.3 Å². The number of thioether (sulfide) groups is 1. The summed E-state index contributed by atoms with van der Waals surface area (Å²) in [5, 5.41) is 11.0. The standard InChI is InChI=1S/C20H20FN3O2S/c1-2-3-4-14-5-11-17(12-6-14)22-18(25)13-27-20-24-23-19(26-20)15-7-9-16(21)10-8-15/h5-12H,2-4,13H2,1H3,(H,22,25). The summed E-state index contributed by atoms with van der Waals surface area (Å²) in [5.41, 5.74) is 2.66. The largest absolute Gasteiger partial charge is 0.411 e. The highest BCUT2D eigenvalue weighted by atomic mass is 32.2. The Morgan fingerprint density at radius 1 is 1.11 bits per heavy atom. The number of rotatable bonds is 8. The minimum absolute atomic E-state index is 0.150. The Kier molecular flexibility index (Phi) is 6.59. The summed E-state index contributed by atoms with van der Waals surface area (Å²) in [6.45, 7) is 2.16. The van der Waals surface area contributed by atoms with Crippen LogP contribution in [0, 0.1) is 5.82 Å². The van der Waals surface area contributed by atoms with Crippen molar-refractivity contribution in [1.29, 1.82) is 0 Å². The Morgan fingerprint density at radius 2 is 1.85 bits per heavy atom. The summed E-state index contributed by atoms with van der Waals surface area (Å²) in [6, 6.07) is 13.7. The molecule has 5 nitrogen and oxygen atoms in total. The first kappa shape index (κ1) is 19.1. The Labute approximate surface area is 161 Å². The van der Waals surface area contributed by atoms with Crippen molar-refractivity contribution >= 4 is 23.4 Å². The molecule has 140 valence electrons. The van der Waals surface area contributed by atoms with Gasteiger partial charge in [0.25, 0.3) is 5.22 Å². The van der Waals surface area contributed by atoms with Crippen LogP contribution in [0.5, 0.6) is 0 Å². The predicted octanol–water partition coefficient (Wildman–Crippen LogP) is 4.95. The maximum atomic E-state index is 13.0. The molecule has 0 aliphatic heterocycles. The lowest BCUT2D eigenvalue weighted by atomic mass is 10.1. The summed E-state index contributed by atoms with van der Waals surface area (Å²) in [6.07, 6.45) is 3.37. The topological polar surface area (TPSA) is 68.0 Å². The van der Waals surface area contributed by atoms with E-state index in [1.165, 1.54) is 17.7 Å². The lowest BCUT2D eigenvalue weighted by molar-refractivity contribution is -0.113. The van der Waals surface area contributed by atoms with E-state index in [0.717, 1.165) is 36.7 Å². The van der Waals surface area contributed by atoms with Crippen LogP contribution in [0.2, 0.25) is 0 Å². The highest BCUT2D eigenvalue weighted by Gasteiger charge is 2.11. The van der Waals surface area contributed by atoms with Crippen molar-refractivity contribution in [1.82, 2.24) is 10.2 Å². The average Bonchev–Trinajstić information content (AvgIpc) is 3.15. The van der Waals surface area contributed by atoms with Crippen LogP contribution in [-0.2, 0) is 11.2 Å². The first-order valence-corrected chi connectivity index (χ1v) is 9.73. The van der Waals surface area contributed by atoms with E-state index in [2.05, 4.69) is 22.4 Å². The zero-order valence-electron chi connectivity index (χ0n) is 14.9. The number of amides is 1. The second-order valence-electron chi connectivity index (χ2n) is 6.02. The van der Waals surface area contributed by atoms with Gasteiger partial charge in [-0.15, -0.1) is 10.2 Å². The Bertz CT molecular complexity index is 879. The van der Waals surface area contributed by atoms with Crippen LogP contribution in [0.3, 0.4) is 0 Å². The number of hydrogen-bond donors (Lipinski definition) is 1. The zero-order chi connectivity index (χ0) is 19.1. The molecule has 0 spiro atoms. The highest BCUT2D eigenvalue weighted by molar-refractivity contribution is 7.99. The number of aromatic nitrogens is 2. The molecule has 3 rings (SSSR count). The van der Waals surface area contributed by atoms with Gasteiger partial charge in [-0.2, -0.15) is 0 Å². The zero-order valence-corrected chi connectivity index (χ0v) is 15.8. The molecule has 27 heavy (non-hydrogen) atoms. The maximum Gasteiger partial charge on any atom is 0.277 e. The molecule has 0 atom stereocenters. The van der Waals surface area contributed by atoms with Crippen LogP contribution in [0.4, 0.5) is 10.1 Å². The van der Waals surface area contributed by atoms with Crippen LogP contribution in [0.25, 0.3) is 11.5 Å². The summed E-state index contributed by atoms with van der Waals surface area (Å²) in [4.78, 5) is 12.1. The van der Waals surface area contributed by atoms with Crippen molar-refractivity contribution in [2.75, 3.05) is 11.1 Å². The van der Waals surface area contributed by atoms with E-state index in [9.17, 15) is 9.18 Å². The van der Waals surface area contributed by atoms with Gasteiger partial charge in [-0.3, -0.25) is 4.79 Å². The number of nitrogens with one attached hydrogen (secondary N) is 1. The molecular formula is C20H20FN3O2S.